The molecule has 0 radical (unpaired) electrons. The fraction of sp³-hybridized carbons (Fsp3) is 0.391. The molecule has 180 valence electrons. The first-order chi connectivity index (χ1) is 16.5. The third-order valence-electron chi connectivity index (χ3n) is 6.23. The number of likely N-dealkylation sites (tertiary alicyclic amines) is 1. The van der Waals surface area contributed by atoms with Crippen LogP contribution in [0.5, 0.6) is 5.75 Å². The molecule has 4 rings (SSSR count). The van der Waals surface area contributed by atoms with Crippen molar-refractivity contribution in [2.45, 2.75) is 18.6 Å². The number of nitrogens with one attached hydrogen (secondary N) is 1. The Bertz CT molecular complexity index is 999. The van der Waals surface area contributed by atoms with Gasteiger partial charge in [0.25, 0.3) is 0 Å². The van der Waals surface area contributed by atoms with Crippen LogP contribution in [0.3, 0.4) is 0 Å². The standard InChI is InChI=1S/C23H27N5O6/c29-21(25-33)19-13-18(34-17-7-4-8-24-14-17)15-28(23(31)32)20(19)22(30)27-11-9-26(10-12-27)16-5-2-1-3-6-16/h1-8,14,18-20,33H,9-13,15H2,(H,25,29)(H,31,32)/t18-,19-,20-/m0/s1. The largest absolute Gasteiger partial charge is 0.487 e. The van der Waals surface area contributed by atoms with Gasteiger partial charge >= 0.3 is 6.09 Å². The second kappa shape index (κ2) is 10.4. The summed E-state index contributed by atoms with van der Waals surface area (Å²) in [6, 6.07) is 11.9. The molecule has 3 heterocycles. The quantitative estimate of drug-likeness (QED) is 0.437. The summed E-state index contributed by atoms with van der Waals surface area (Å²) in [6.07, 6.45) is 1.09. The molecular weight excluding hydrogens is 442 g/mol. The van der Waals surface area contributed by atoms with Crippen LogP contribution in [0, 0.1) is 5.92 Å². The molecule has 34 heavy (non-hydrogen) atoms. The Morgan fingerprint density at radius 1 is 1.03 bits per heavy atom. The Hall–Kier alpha value is -3.86. The second-order valence-corrected chi connectivity index (χ2v) is 8.27. The number of pyridine rings is 1. The number of carbonyl (C=O) groups excluding carboxylic acids is 2. The summed E-state index contributed by atoms with van der Waals surface area (Å²) in [5.74, 6) is -1.98. The molecule has 11 nitrogen and oxygen atoms in total. The number of anilines is 1. The topological polar surface area (TPSA) is 136 Å². The van der Waals surface area contributed by atoms with E-state index in [4.69, 9.17) is 4.74 Å². The third-order valence-corrected chi connectivity index (χ3v) is 6.23. The molecule has 3 atom stereocenters. The second-order valence-electron chi connectivity index (χ2n) is 8.27. The highest BCUT2D eigenvalue weighted by atomic mass is 16.5. The van der Waals surface area contributed by atoms with E-state index in [9.17, 15) is 24.7 Å². The minimum Gasteiger partial charge on any atom is -0.487 e. The molecule has 3 N–H and O–H groups in total. The van der Waals surface area contributed by atoms with Crippen molar-refractivity contribution >= 4 is 23.6 Å². The number of para-hydroxylation sites is 1. The predicted molar refractivity (Wildman–Crippen MR) is 120 cm³/mol. The molecule has 2 saturated heterocycles. The number of hydrogen-bond acceptors (Lipinski definition) is 7. The van der Waals surface area contributed by atoms with Gasteiger partial charge in [0.2, 0.25) is 11.8 Å². The zero-order valence-corrected chi connectivity index (χ0v) is 18.5. The summed E-state index contributed by atoms with van der Waals surface area (Å²) >= 11 is 0. The van der Waals surface area contributed by atoms with Gasteiger partial charge in [0.05, 0.1) is 18.7 Å². The molecule has 0 bridgehead atoms. The first-order valence-electron chi connectivity index (χ1n) is 11.1. The molecule has 0 saturated carbocycles. The fourth-order valence-corrected chi connectivity index (χ4v) is 4.58. The number of hydroxylamine groups is 1. The van der Waals surface area contributed by atoms with Gasteiger partial charge in [0.15, 0.2) is 0 Å². The smallest absolute Gasteiger partial charge is 0.408 e. The van der Waals surface area contributed by atoms with E-state index in [1.165, 1.54) is 6.20 Å². The maximum Gasteiger partial charge on any atom is 0.408 e. The molecule has 2 aromatic rings. The molecule has 0 aliphatic carbocycles. The zero-order chi connectivity index (χ0) is 24.1. The summed E-state index contributed by atoms with van der Waals surface area (Å²) in [5, 5.41) is 19.2. The Labute approximate surface area is 196 Å². The van der Waals surface area contributed by atoms with Gasteiger partial charge in [-0.3, -0.25) is 24.7 Å². The van der Waals surface area contributed by atoms with Crippen LogP contribution in [-0.2, 0) is 9.59 Å². The Morgan fingerprint density at radius 2 is 1.76 bits per heavy atom. The van der Waals surface area contributed by atoms with E-state index in [0.717, 1.165) is 10.6 Å². The van der Waals surface area contributed by atoms with E-state index in [2.05, 4.69) is 9.88 Å². The van der Waals surface area contributed by atoms with Crippen molar-refractivity contribution in [1.82, 2.24) is 20.3 Å². The molecule has 2 fully saturated rings. The van der Waals surface area contributed by atoms with Crippen LogP contribution < -0.4 is 15.1 Å². The maximum atomic E-state index is 13.5. The summed E-state index contributed by atoms with van der Waals surface area (Å²) in [6.45, 7) is 1.85. The van der Waals surface area contributed by atoms with Crippen molar-refractivity contribution in [2.24, 2.45) is 5.92 Å². The minimum absolute atomic E-state index is 0.0610. The molecule has 0 spiro atoms. The maximum absolute atomic E-state index is 13.5. The Kier molecular flexibility index (Phi) is 7.12. The van der Waals surface area contributed by atoms with Crippen molar-refractivity contribution in [3.63, 3.8) is 0 Å². The van der Waals surface area contributed by atoms with Crippen LogP contribution in [0.4, 0.5) is 10.5 Å². The number of benzene rings is 1. The molecule has 1 aromatic heterocycles. The number of amides is 3. The Balaban J connectivity index is 1.50. The van der Waals surface area contributed by atoms with Gasteiger partial charge in [-0.2, -0.15) is 0 Å². The van der Waals surface area contributed by atoms with Gasteiger partial charge in [-0.25, -0.2) is 10.3 Å². The van der Waals surface area contributed by atoms with E-state index in [1.807, 2.05) is 30.3 Å². The lowest BCUT2D eigenvalue weighted by Gasteiger charge is -2.44. The minimum atomic E-state index is -1.34. The van der Waals surface area contributed by atoms with E-state index in [-0.39, 0.29) is 13.0 Å². The molecule has 11 heteroatoms. The van der Waals surface area contributed by atoms with Crippen molar-refractivity contribution < 1.29 is 29.4 Å². The number of rotatable bonds is 5. The van der Waals surface area contributed by atoms with Crippen LogP contribution in [0.15, 0.2) is 54.9 Å². The normalized spacial score (nSPS) is 22.7. The molecule has 3 amide bonds. The van der Waals surface area contributed by atoms with Gasteiger partial charge in [-0.1, -0.05) is 18.2 Å². The third kappa shape index (κ3) is 5.04. The van der Waals surface area contributed by atoms with Gasteiger partial charge < -0.3 is 19.6 Å². The summed E-state index contributed by atoms with van der Waals surface area (Å²) in [7, 11) is 0. The summed E-state index contributed by atoms with van der Waals surface area (Å²) < 4.78 is 5.84. The number of aromatic nitrogens is 1. The van der Waals surface area contributed by atoms with Gasteiger partial charge in [-0.15, -0.1) is 0 Å². The summed E-state index contributed by atoms with van der Waals surface area (Å²) in [4.78, 5) is 46.8. The van der Waals surface area contributed by atoms with Crippen LogP contribution in [0.25, 0.3) is 0 Å². The van der Waals surface area contributed by atoms with E-state index < -0.39 is 36.0 Å². The lowest BCUT2D eigenvalue weighted by Crippen LogP contribution is -2.64. The number of carboxylic acid groups (broad SMARTS) is 1. The number of piperidine rings is 1. The van der Waals surface area contributed by atoms with Gasteiger partial charge in [0.1, 0.15) is 17.9 Å². The lowest BCUT2D eigenvalue weighted by atomic mass is 9.86. The average Bonchev–Trinajstić information content (AvgIpc) is 2.88. The Morgan fingerprint density at radius 3 is 2.38 bits per heavy atom. The van der Waals surface area contributed by atoms with Crippen LogP contribution in [-0.4, -0.2) is 87.9 Å². The SMILES string of the molecule is O=C(NO)[C@H]1C[C@H](Oc2cccnc2)CN(C(=O)O)[C@@H]1C(=O)N1CCN(c2ccccc2)CC1. The number of ether oxygens (including phenoxy) is 1. The fourth-order valence-electron chi connectivity index (χ4n) is 4.58. The zero-order valence-electron chi connectivity index (χ0n) is 18.5. The monoisotopic (exact) mass is 469 g/mol. The summed E-state index contributed by atoms with van der Waals surface area (Å²) in [5.41, 5.74) is 2.64. The molecule has 2 aliphatic rings. The number of piperazine rings is 1. The van der Waals surface area contributed by atoms with Crippen LogP contribution in [0.2, 0.25) is 0 Å². The average molecular weight is 469 g/mol. The van der Waals surface area contributed by atoms with Crippen molar-refractivity contribution in [1.29, 1.82) is 0 Å². The van der Waals surface area contributed by atoms with E-state index in [1.54, 1.807) is 28.7 Å². The van der Waals surface area contributed by atoms with Crippen LogP contribution >= 0.6 is 0 Å². The molecular formula is C23H27N5O6. The lowest BCUT2D eigenvalue weighted by molar-refractivity contribution is -0.150. The van der Waals surface area contributed by atoms with Crippen LogP contribution in [0.1, 0.15) is 6.42 Å². The van der Waals surface area contributed by atoms with Crippen molar-refractivity contribution in [3.8, 4) is 5.75 Å². The van der Waals surface area contributed by atoms with E-state index in [0.29, 0.717) is 31.9 Å². The predicted octanol–water partition coefficient (Wildman–Crippen LogP) is 1.05. The highest BCUT2D eigenvalue weighted by molar-refractivity contribution is 5.92. The van der Waals surface area contributed by atoms with Crippen molar-refractivity contribution in [3.05, 3.63) is 54.9 Å². The first-order valence-corrected chi connectivity index (χ1v) is 11.1. The van der Waals surface area contributed by atoms with Crippen molar-refractivity contribution in [2.75, 3.05) is 37.6 Å². The first kappa shape index (κ1) is 23.3. The van der Waals surface area contributed by atoms with Gasteiger partial charge in [-0.05, 0) is 24.3 Å². The molecule has 2 aliphatic heterocycles. The van der Waals surface area contributed by atoms with Gasteiger partial charge in [0, 0.05) is 44.5 Å². The van der Waals surface area contributed by atoms with E-state index >= 15 is 0 Å². The highest BCUT2D eigenvalue weighted by Crippen LogP contribution is 2.29. The molecule has 1 aromatic carbocycles. The number of nitrogens with zero attached hydrogens (tertiary/aromatic N) is 4. The number of carbonyl (C=O) groups is 3. The number of hydrogen-bond donors (Lipinski definition) is 3. The molecule has 0 unspecified atom stereocenters. The highest BCUT2D eigenvalue weighted by Gasteiger charge is 2.48.